The maximum absolute atomic E-state index is 11.6. The van der Waals surface area contributed by atoms with Gasteiger partial charge in [0.2, 0.25) is 0 Å². The van der Waals surface area contributed by atoms with E-state index >= 15 is 0 Å². The van der Waals surface area contributed by atoms with Crippen molar-refractivity contribution in [1.29, 1.82) is 0 Å². The third-order valence-electron chi connectivity index (χ3n) is 3.18. The van der Waals surface area contributed by atoms with Crippen molar-refractivity contribution in [2.75, 3.05) is 13.2 Å². The van der Waals surface area contributed by atoms with Crippen LogP contribution in [0.4, 0.5) is 0 Å². The van der Waals surface area contributed by atoms with Crippen LogP contribution in [0, 0.1) is 0 Å². The number of fused-ring (bicyclic) bond motifs is 1. The highest BCUT2D eigenvalue weighted by Gasteiger charge is 2.12. The summed E-state index contributed by atoms with van der Waals surface area (Å²) in [5, 5.41) is 0. The zero-order valence-electron chi connectivity index (χ0n) is 11.3. The van der Waals surface area contributed by atoms with Gasteiger partial charge in [0.25, 0.3) is 5.56 Å². The number of aryl methyl sites for hydroxylation is 1. The van der Waals surface area contributed by atoms with Crippen LogP contribution < -0.4 is 15.0 Å². The Morgan fingerprint density at radius 1 is 1.20 bits per heavy atom. The first-order valence-electron chi connectivity index (χ1n) is 6.76. The number of H-pyrrole nitrogens is 1. The average molecular weight is 272 g/mol. The van der Waals surface area contributed by atoms with Gasteiger partial charge in [-0.05, 0) is 24.6 Å². The maximum atomic E-state index is 11.6. The van der Waals surface area contributed by atoms with Crippen molar-refractivity contribution in [2.24, 2.45) is 0 Å². The Morgan fingerprint density at radius 3 is 2.80 bits per heavy atom. The largest absolute Gasteiger partial charge is 0.490 e. The molecule has 2 aromatic rings. The number of nitrogens with one attached hydrogen (secondary N) is 1. The van der Waals surface area contributed by atoms with Gasteiger partial charge >= 0.3 is 0 Å². The number of hydrogen-bond donors (Lipinski definition) is 1. The van der Waals surface area contributed by atoms with E-state index in [9.17, 15) is 4.79 Å². The first kappa shape index (κ1) is 12.7. The van der Waals surface area contributed by atoms with Crippen molar-refractivity contribution in [3.05, 3.63) is 40.3 Å². The minimum Gasteiger partial charge on any atom is -0.490 e. The zero-order chi connectivity index (χ0) is 13.9. The van der Waals surface area contributed by atoms with E-state index in [4.69, 9.17) is 9.47 Å². The fourth-order valence-corrected chi connectivity index (χ4v) is 2.14. The highest BCUT2D eigenvalue weighted by Crippen LogP contribution is 2.32. The van der Waals surface area contributed by atoms with Gasteiger partial charge < -0.3 is 14.5 Å². The van der Waals surface area contributed by atoms with Crippen molar-refractivity contribution in [2.45, 2.75) is 19.8 Å². The van der Waals surface area contributed by atoms with Crippen LogP contribution in [-0.4, -0.2) is 23.2 Å². The van der Waals surface area contributed by atoms with Crippen molar-refractivity contribution in [3.63, 3.8) is 0 Å². The minimum absolute atomic E-state index is 0.140. The molecule has 0 amide bonds. The standard InChI is InChI=1S/C15H16N2O3/c1-2-11-9-14(18)17-15(16-11)10-4-5-12-13(8-10)20-7-3-6-19-12/h4-5,8-9H,2-3,6-7H2,1H3,(H,16,17,18). The number of rotatable bonds is 2. The molecule has 0 unspecified atom stereocenters. The summed E-state index contributed by atoms with van der Waals surface area (Å²) in [6.45, 7) is 3.27. The van der Waals surface area contributed by atoms with E-state index in [1.54, 1.807) is 0 Å². The monoisotopic (exact) mass is 272 g/mol. The predicted octanol–water partition coefficient (Wildman–Crippen LogP) is 2.16. The molecular formula is C15H16N2O3. The number of benzene rings is 1. The topological polar surface area (TPSA) is 64.2 Å². The Bertz CT molecular complexity index is 679. The summed E-state index contributed by atoms with van der Waals surface area (Å²) in [5.74, 6) is 2.00. The van der Waals surface area contributed by atoms with Gasteiger partial charge in [-0.1, -0.05) is 6.92 Å². The Labute approximate surface area is 116 Å². The van der Waals surface area contributed by atoms with E-state index in [2.05, 4.69) is 9.97 Å². The van der Waals surface area contributed by atoms with Crippen LogP contribution in [0.2, 0.25) is 0 Å². The van der Waals surface area contributed by atoms with E-state index in [-0.39, 0.29) is 5.56 Å². The summed E-state index contributed by atoms with van der Waals surface area (Å²) < 4.78 is 11.2. The summed E-state index contributed by atoms with van der Waals surface area (Å²) in [4.78, 5) is 18.8. The smallest absolute Gasteiger partial charge is 0.251 e. The van der Waals surface area contributed by atoms with Crippen LogP contribution >= 0.6 is 0 Å². The summed E-state index contributed by atoms with van der Waals surface area (Å²) in [6, 6.07) is 7.12. The molecule has 0 radical (unpaired) electrons. The van der Waals surface area contributed by atoms with Gasteiger partial charge in [0.1, 0.15) is 5.82 Å². The molecular weight excluding hydrogens is 256 g/mol. The minimum atomic E-state index is -0.140. The highest BCUT2D eigenvalue weighted by molar-refractivity contribution is 5.61. The van der Waals surface area contributed by atoms with Gasteiger partial charge in [-0.3, -0.25) is 4.79 Å². The van der Waals surface area contributed by atoms with Crippen LogP contribution in [0.3, 0.4) is 0 Å². The number of aromatic amines is 1. The quantitative estimate of drug-likeness (QED) is 0.910. The molecule has 104 valence electrons. The van der Waals surface area contributed by atoms with E-state index in [0.29, 0.717) is 24.8 Å². The second-order valence-electron chi connectivity index (χ2n) is 4.65. The van der Waals surface area contributed by atoms with Gasteiger partial charge in [0, 0.05) is 23.7 Å². The Morgan fingerprint density at radius 2 is 2.00 bits per heavy atom. The Balaban J connectivity index is 2.04. The van der Waals surface area contributed by atoms with E-state index in [1.807, 2.05) is 25.1 Å². The van der Waals surface area contributed by atoms with Crippen molar-refractivity contribution in [3.8, 4) is 22.9 Å². The lowest BCUT2D eigenvalue weighted by Gasteiger charge is -2.09. The van der Waals surface area contributed by atoms with E-state index in [1.165, 1.54) is 6.07 Å². The predicted molar refractivity (Wildman–Crippen MR) is 75.3 cm³/mol. The van der Waals surface area contributed by atoms with Crippen LogP contribution in [0.25, 0.3) is 11.4 Å². The lowest BCUT2D eigenvalue weighted by atomic mass is 10.2. The van der Waals surface area contributed by atoms with Crippen molar-refractivity contribution in [1.82, 2.24) is 9.97 Å². The van der Waals surface area contributed by atoms with Gasteiger partial charge in [-0.25, -0.2) is 4.98 Å². The lowest BCUT2D eigenvalue weighted by Crippen LogP contribution is -2.10. The highest BCUT2D eigenvalue weighted by atomic mass is 16.5. The summed E-state index contributed by atoms with van der Waals surface area (Å²) in [5.41, 5.74) is 1.46. The van der Waals surface area contributed by atoms with Crippen LogP contribution in [0.5, 0.6) is 11.5 Å². The number of nitrogens with zero attached hydrogens (tertiary/aromatic N) is 1. The molecule has 5 nitrogen and oxygen atoms in total. The molecule has 0 saturated carbocycles. The molecule has 1 aromatic carbocycles. The Hall–Kier alpha value is -2.30. The molecule has 0 aliphatic carbocycles. The summed E-state index contributed by atoms with van der Waals surface area (Å²) in [7, 11) is 0. The molecule has 0 atom stereocenters. The van der Waals surface area contributed by atoms with E-state index < -0.39 is 0 Å². The third kappa shape index (κ3) is 2.52. The fraction of sp³-hybridized carbons (Fsp3) is 0.333. The second-order valence-corrected chi connectivity index (χ2v) is 4.65. The molecule has 1 N–H and O–H groups in total. The molecule has 20 heavy (non-hydrogen) atoms. The molecule has 0 fully saturated rings. The third-order valence-corrected chi connectivity index (χ3v) is 3.18. The van der Waals surface area contributed by atoms with Crippen LogP contribution in [0.15, 0.2) is 29.1 Å². The fourth-order valence-electron chi connectivity index (χ4n) is 2.14. The number of aromatic nitrogens is 2. The molecule has 2 heterocycles. The van der Waals surface area contributed by atoms with Crippen molar-refractivity contribution < 1.29 is 9.47 Å². The SMILES string of the molecule is CCc1cc(=O)[nH]c(-c2ccc3c(c2)OCCCO3)n1. The molecule has 0 saturated heterocycles. The lowest BCUT2D eigenvalue weighted by molar-refractivity contribution is 0.297. The summed E-state index contributed by atoms with van der Waals surface area (Å²) >= 11 is 0. The molecule has 5 heteroatoms. The van der Waals surface area contributed by atoms with Gasteiger partial charge in [0.05, 0.1) is 13.2 Å². The average Bonchev–Trinajstić information content (AvgIpc) is 2.70. The normalized spacial score (nSPS) is 13.8. The second kappa shape index (κ2) is 5.36. The summed E-state index contributed by atoms with van der Waals surface area (Å²) in [6.07, 6.45) is 1.59. The first-order valence-corrected chi connectivity index (χ1v) is 6.76. The van der Waals surface area contributed by atoms with E-state index in [0.717, 1.165) is 29.8 Å². The van der Waals surface area contributed by atoms with Crippen LogP contribution in [-0.2, 0) is 6.42 Å². The van der Waals surface area contributed by atoms with Gasteiger partial charge in [0.15, 0.2) is 11.5 Å². The Kier molecular flexibility index (Phi) is 3.41. The zero-order valence-corrected chi connectivity index (χ0v) is 11.3. The number of ether oxygens (including phenoxy) is 2. The molecule has 1 aliphatic heterocycles. The maximum Gasteiger partial charge on any atom is 0.251 e. The molecule has 3 rings (SSSR count). The molecule has 0 bridgehead atoms. The van der Waals surface area contributed by atoms with Crippen molar-refractivity contribution >= 4 is 0 Å². The molecule has 0 spiro atoms. The van der Waals surface area contributed by atoms with Gasteiger partial charge in [-0.15, -0.1) is 0 Å². The molecule has 1 aliphatic rings. The number of hydrogen-bond acceptors (Lipinski definition) is 4. The first-order chi connectivity index (χ1) is 9.76. The van der Waals surface area contributed by atoms with Crippen LogP contribution in [0.1, 0.15) is 19.0 Å². The van der Waals surface area contributed by atoms with Gasteiger partial charge in [-0.2, -0.15) is 0 Å². The molecule has 1 aromatic heterocycles.